The Morgan fingerprint density at radius 3 is 1.80 bits per heavy atom. The molecule has 0 aromatic heterocycles. The van der Waals surface area contributed by atoms with Gasteiger partial charge in [-0.1, -0.05) is 48.5 Å². The molecule has 1 atom stereocenters. The highest BCUT2D eigenvalue weighted by molar-refractivity contribution is 5.98. The van der Waals surface area contributed by atoms with Crippen LogP contribution in [0.2, 0.25) is 0 Å². The molecular weight excluding hydrogens is 318 g/mol. The van der Waals surface area contributed by atoms with E-state index in [-0.39, 0.29) is 0 Å². The van der Waals surface area contributed by atoms with E-state index in [9.17, 15) is 14.7 Å². The van der Waals surface area contributed by atoms with Crippen LogP contribution in [-0.2, 0) is 15.1 Å². The van der Waals surface area contributed by atoms with Crippen molar-refractivity contribution in [2.75, 3.05) is 4.90 Å². The van der Waals surface area contributed by atoms with Crippen molar-refractivity contribution in [3.05, 3.63) is 66.2 Å². The minimum atomic E-state index is -1.62. The van der Waals surface area contributed by atoms with Crippen LogP contribution in [0.1, 0.15) is 33.3 Å². The number of anilines is 1. The second-order valence-corrected chi connectivity index (χ2v) is 6.89. The Morgan fingerprint density at radius 1 is 0.880 bits per heavy atom. The third-order valence-electron chi connectivity index (χ3n) is 3.79. The molecule has 1 unspecified atom stereocenters. The number of amides is 1. The molecule has 0 fully saturated rings. The third-order valence-corrected chi connectivity index (χ3v) is 3.79. The Balaban J connectivity index is 2.63. The summed E-state index contributed by atoms with van der Waals surface area (Å²) in [4.78, 5) is 26.4. The smallest absolute Gasteiger partial charge is 0.416 e. The van der Waals surface area contributed by atoms with E-state index in [1.807, 2.05) is 0 Å². The number of para-hydroxylation sites is 1. The van der Waals surface area contributed by atoms with Gasteiger partial charge in [0.05, 0.1) is 0 Å². The van der Waals surface area contributed by atoms with E-state index in [1.54, 1.807) is 81.4 Å². The second-order valence-electron chi connectivity index (χ2n) is 6.89. The summed E-state index contributed by atoms with van der Waals surface area (Å²) in [6, 6.07) is 17.3. The highest BCUT2D eigenvalue weighted by atomic mass is 16.6. The molecule has 2 aromatic carbocycles. The van der Waals surface area contributed by atoms with Gasteiger partial charge in [-0.25, -0.2) is 9.59 Å². The summed E-state index contributed by atoms with van der Waals surface area (Å²) in [5, 5.41) is 10.0. The van der Waals surface area contributed by atoms with Gasteiger partial charge in [0.2, 0.25) is 0 Å². The molecule has 0 spiro atoms. The van der Waals surface area contributed by atoms with Crippen LogP contribution in [0, 0.1) is 0 Å². The average molecular weight is 341 g/mol. The SMILES string of the molecule is CC(C)(C)OC(=O)N(c1ccccc1)C(C)(C(=O)O)c1ccccc1. The van der Waals surface area contributed by atoms with E-state index >= 15 is 0 Å². The number of carbonyl (C=O) groups is 2. The van der Waals surface area contributed by atoms with Gasteiger partial charge in [-0.3, -0.25) is 4.90 Å². The van der Waals surface area contributed by atoms with E-state index in [0.29, 0.717) is 11.3 Å². The van der Waals surface area contributed by atoms with Gasteiger partial charge in [0, 0.05) is 5.69 Å². The quantitative estimate of drug-likeness (QED) is 0.893. The van der Waals surface area contributed by atoms with E-state index in [0.717, 1.165) is 0 Å². The summed E-state index contributed by atoms with van der Waals surface area (Å²) in [5.41, 5.74) is -1.44. The van der Waals surface area contributed by atoms with Crippen LogP contribution in [0.25, 0.3) is 0 Å². The zero-order valence-corrected chi connectivity index (χ0v) is 14.9. The normalized spacial score (nSPS) is 13.6. The number of aliphatic carboxylic acids is 1. The van der Waals surface area contributed by atoms with Gasteiger partial charge >= 0.3 is 12.1 Å². The topological polar surface area (TPSA) is 66.8 Å². The molecule has 0 aliphatic heterocycles. The van der Waals surface area contributed by atoms with Crippen LogP contribution in [0.5, 0.6) is 0 Å². The van der Waals surface area contributed by atoms with Crippen LogP contribution in [0.15, 0.2) is 60.7 Å². The summed E-state index contributed by atoms with van der Waals surface area (Å²) in [7, 11) is 0. The lowest BCUT2D eigenvalue weighted by Crippen LogP contribution is -2.54. The predicted molar refractivity (Wildman–Crippen MR) is 96.6 cm³/mol. The minimum Gasteiger partial charge on any atom is -0.479 e. The van der Waals surface area contributed by atoms with Crippen molar-refractivity contribution in [3.63, 3.8) is 0 Å². The number of carboxylic acids is 1. The monoisotopic (exact) mass is 341 g/mol. The Hall–Kier alpha value is -2.82. The molecule has 0 saturated carbocycles. The number of nitrogens with zero attached hydrogens (tertiary/aromatic N) is 1. The molecule has 5 heteroatoms. The summed E-state index contributed by atoms with van der Waals surface area (Å²) in [6.45, 7) is 6.74. The number of hydrogen-bond donors (Lipinski definition) is 1. The lowest BCUT2D eigenvalue weighted by atomic mass is 9.89. The van der Waals surface area contributed by atoms with Gasteiger partial charge in [0.1, 0.15) is 5.60 Å². The first kappa shape index (κ1) is 18.5. The third kappa shape index (κ3) is 3.99. The van der Waals surface area contributed by atoms with Crippen molar-refractivity contribution >= 4 is 17.7 Å². The first-order valence-corrected chi connectivity index (χ1v) is 8.03. The van der Waals surface area contributed by atoms with Crippen molar-refractivity contribution < 1.29 is 19.4 Å². The Bertz CT molecular complexity index is 737. The maximum Gasteiger partial charge on any atom is 0.416 e. The number of ether oxygens (including phenoxy) is 1. The zero-order chi connectivity index (χ0) is 18.7. The predicted octanol–water partition coefficient (Wildman–Crippen LogP) is 4.43. The highest BCUT2D eigenvalue weighted by Gasteiger charge is 2.46. The van der Waals surface area contributed by atoms with Crippen molar-refractivity contribution in [1.82, 2.24) is 0 Å². The largest absolute Gasteiger partial charge is 0.479 e. The molecule has 2 rings (SSSR count). The number of benzene rings is 2. The molecule has 0 aliphatic carbocycles. The fourth-order valence-corrected chi connectivity index (χ4v) is 2.54. The van der Waals surface area contributed by atoms with Gasteiger partial charge in [0.25, 0.3) is 0 Å². The summed E-state index contributed by atoms with van der Waals surface area (Å²) in [6.07, 6.45) is -0.715. The molecule has 1 N–H and O–H groups in total. The molecule has 0 saturated heterocycles. The molecule has 0 bridgehead atoms. The van der Waals surface area contributed by atoms with Crippen molar-refractivity contribution in [3.8, 4) is 0 Å². The van der Waals surface area contributed by atoms with Gasteiger partial charge in [-0.05, 0) is 45.4 Å². The van der Waals surface area contributed by atoms with Crippen molar-refractivity contribution in [2.24, 2.45) is 0 Å². The first-order chi connectivity index (χ1) is 11.7. The van der Waals surface area contributed by atoms with Gasteiger partial charge < -0.3 is 9.84 Å². The fourth-order valence-electron chi connectivity index (χ4n) is 2.54. The summed E-state index contributed by atoms with van der Waals surface area (Å²) in [5.74, 6) is -1.14. The molecule has 5 nitrogen and oxygen atoms in total. The van der Waals surface area contributed by atoms with Crippen molar-refractivity contribution in [2.45, 2.75) is 38.8 Å². The summed E-state index contributed by atoms with van der Waals surface area (Å²) >= 11 is 0. The molecule has 132 valence electrons. The van der Waals surface area contributed by atoms with E-state index in [1.165, 1.54) is 11.8 Å². The lowest BCUT2D eigenvalue weighted by Gasteiger charge is -2.39. The van der Waals surface area contributed by atoms with E-state index in [2.05, 4.69) is 0 Å². The van der Waals surface area contributed by atoms with Crippen LogP contribution in [-0.4, -0.2) is 22.8 Å². The Morgan fingerprint density at radius 2 is 1.36 bits per heavy atom. The average Bonchev–Trinajstić information content (AvgIpc) is 2.54. The standard InChI is InChI=1S/C20H23NO4/c1-19(2,3)25-18(24)21(16-13-9-6-10-14-16)20(4,17(22)23)15-11-7-5-8-12-15/h5-14H,1-4H3,(H,22,23). The van der Waals surface area contributed by atoms with Crippen LogP contribution in [0.3, 0.4) is 0 Å². The fraction of sp³-hybridized carbons (Fsp3) is 0.300. The summed E-state index contributed by atoms with van der Waals surface area (Å²) < 4.78 is 5.50. The molecule has 0 heterocycles. The van der Waals surface area contributed by atoms with Crippen LogP contribution >= 0.6 is 0 Å². The number of carboxylic acid groups (broad SMARTS) is 1. The molecule has 0 aliphatic rings. The Labute approximate surface area is 147 Å². The van der Waals surface area contributed by atoms with Crippen LogP contribution < -0.4 is 4.90 Å². The highest BCUT2D eigenvalue weighted by Crippen LogP contribution is 2.35. The number of carbonyl (C=O) groups excluding carboxylic acids is 1. The van der Waals surface area contributed by atoms with E-state index < -0.39 is 23.2 Å². The number of rotatable bonds is 4. The van der Waals surface area contributed by atoms with E-state index in [4.69, 9.17) is 4.74 Å². The van der Waals surface area contributed by atoms with Crippen LogP contribution in [0.4, 0.5) is 10.5 Å². The Kier molecular flexibility index (Phi) is 5.16. The number of hydrogen-bond acceptors (Lipinski definition) is 3. The second kappa shape index (κ2) is 6.97. The lowest BCUT2D eigenvalue weighted by molar-refractivity contribution is -0.143. The maximum atomic E-state index is 12.9. The zero-order valence-electron chi connectivity index (χ0n) is 14.9. The van der Waals surface area contributed by atoms with Gasteiger partial charge in [-0.15, -0.1) is 0 Å². The molecular formula is C20H23NO4. The minimum absolute atomic E-state index is 0.450. The maximum absolute atomic E-state index is 12.9. The molecule has 2 aromatic rings. The van der Waals surface area contributed by atoms with Gasteiger partial charge in [-0.2, -0.15) is 0 Å². The van der Waals surface area contributed by atoms with Crippen molar-refractivity contribution in [1.29, 1.82) is 0 Å². The van der Waals surface area contributed by atoms with Gasteiger partial charge in [0.15, 0.2) is 5.54 Å². The molecule has 1 amide bonds. The molecule has 0 radical (unpaired) electrons. The molecule has 25 heavy (non-hydrogen) atoms. The first-order valence-electron chi connectivity index (χ1n) is 8.03.